The quantitative estimate of drug-likeness (QED) is 0.697. The van der Waals surface area contributed by atoms with Gasteiger partial charge in [0.15, 0.2) is 6.54 Å². The number of rotatable bonds is 5. The molecule has 5 nitrogen and oxygen atoms in total. The number of fused-ring (bicyclic) bond motifs is 2. The first-order valence-corrected chi connectivity index (χ1v) is 6.06. The highest BCUT2D eigenvalue weighted by atomic mass is 16.3. The van der Waals surface area contributed by atoms with Crippen LogP contribution in [0.25, 0.3) is 0 Å². The van der Waals surface area contributed by atoms with Gasteiger partial charge in [-0.25, -0.2) is 0 Å². The predicted octanol–water partition coefficient (Wildman–Crippen LogP) is 0.601. The second-order valence-corrected chi connectivity index (χ2v) is 4.94. The van der Waals surface area contributed by atoms with Crippen LogP contribution in [0.1, 0.15) is 19.3 Å². The Bertz CT molecular complexity index is 258. The molecule has 2 bridgehead atoms. The third kappa shape index (κ3) is 3.01. The molecule has 1 saturated carbocycles. The molecule has 1 saturated heterocycles. The van der Waals surface area contributed by atoms with E-state index in [1.165, 1.54) is 32.4 Å². The van der Waals surface area contributed by atoms with Crippen molar-refractivity contribution in [2.24, 2.45) is 17.0 Å². The van der Waals surface area contributed by atoms with E-state index in [1.807, 2.05) is 0 Å². The smallest absolute Gasteiger partial charge is 0.245 e. The van der Waals surface area contributed by atoms with Gasteiger partial charge in [0.25, 0.3) is 0 Å². The highest BCUT2D eigenvalue weighted by molar-refractivity contribution is 5.78. The fourth-order valence-electron chi connectivity index (χ4n) is 2.97. The summed E-state index contributed by atoms with van der Waals surface area (Å²) in [4.78, 5) is 23.3. The second-order valence-electron chi connectivity index (χ2n) is 4.94. The average molecular weight is 225 g/mol. The van der Waals surface area contributed by atoms with Crippen molar-refractivity contribution in [1.82, 2.24) is 10.2 Å². The van der Waals surface area contributed by atoms with E-state index in [4.69, 9.17) is 0 Å². The summed E-state index contributed by atoms with van der Waals surface area (Å²) in [5.41, 5.74) is 0. The molecular weight excluding hydrogens is 206 g/mol. The molecule has 0 aromatic heterocycles. The summed E-state index contributed by atoms with van der Waals surface area (Å²) < 4.78 is 0. The molecule has 1 aliphatic heterocycles. The zero-order valence-electron chi connectivity index (χ0n) is 9.52. The third-order valence-corrected chi connectivity index (χ3v) is 3.64. The molecule has 1 N–H and O–H groups in total. The Kier molecular flexibility index (Phi) is 3.88. The minimum atomic E-state index is -0.269. The summed E-state index contributed by atoms with van der Waals surface area (Å²) in [5, 5.41) is 5.27. The molecule has 2 fully saturated rings. The number of hydrogen-bond donors (Lipinski definition) is 1. The van der Waals surface area contributed by atoms with E-state index in [9.17, 15) is 9.70 Å². The molecule has 2 rings (SSSR count). The van der Waals surface area contributed by atoms with Crippen LogP contribution in [-0.4, -0.2) is 43.5 Å². The molecule has 0 radical (unpaired) electrons. The minimum Gasteiger partial charge on any atom is -0.353 e. The van der Waals surface area contributed by atoms with Gasteiger partial charge in [0.1, 0.15) is 0 Å². The fraction of sp³-hybridized carbons (Fsp3) is 0.909. The summed E-state index contributed by atoms with van der Waals surface area (Å²) in [6.07, 6.45) is 4.16. The summed E-state index contributed by atoms with van der Waals surface area (Å²) in [5.74, 6) is 1.49. The van der Waals surface area contributed by atoms with E-state index >= 15 is 0 Å². The maximum atomic E-state index is 11.0. The zero-order valence-corrected chi connectivity index (χ0v) is 9.52. The van der Waals surface area contributed by atoms with Gasteiger partial charge in [0.05, 0.1) is 0 Å². The number of nitroso groups, excluding NO2 is 1. The molecule has 1 heterocycles. The van der Waals surface area contributed by atoms with E-state index in [-0.39, 0.29) is 12.5 Å². The number of carbonyl (C=O) groups is 1. The molecule has 2 atom stereocenters. The van der Waals surface area contributed by atoms with Crippen molar-refractivity contribution in [1.29, 1.82) is 0 Å². The summed E-state index contributed by atoms with van der Waals surface area (Å²) in [6.45, 7) is 3.63. The third-order valence-electron chi connectivity index (χ3n) is 3.64. The number of piperidine rings is 1. The van der Waals surface area contributed by atoms with Crippen molar-refractivity contribution in [3.8, 4) is 0 Å². The number of amides is 1. The van der Waals surface area contributed by atoms with E-state index in [0.717, 1.165) is 18.4 Å². The van der Waals surface area contributed by atoms with Crippen LogP contribution in [0.3, 0.4) is 0 Å². The van der Waals surface area contributed by atoms with E-state index in [0.29, 0.717) is 6.54 Å². The van der Waals surface area contributed by atoms with Crippen LogP contribution in [0.5, 0.6) is 0 Å². The van der Waals surface area contributed by atoms with Gasteiger partial charge in [-0.15, -0.1) is 0 Å². The molecule has 1 amide bonds. The highest BCUT2D eigenvalue weighted by Crippen LogP contribution is 2.35. The standard InChI is InChI=1S/C11H19N3O2/c15-11(6-13-16)12-3-4-14-7-9-1-2-10(5-9)8-14/h9-10H,1-8H2,(H,12,15). The molecule has 5 heteroatoms. The van der Waals surface area contributed by atoms with Gasteiger partial charge in [-0.1, -0.05) is 5.18 Å². The lowest BCUT2D eigenvalue weighted by Crippen LogP contribution is -2.41. The Morgan fingerprint density at radius 2 is 2.00 bits per heavy atom. The maximum Gasteiger partial charge on any atom is 0.245 e. The fourth-order valence-corrected chi connectivity index (χ4v) is 2.97. The number of carbonyl (C=O) groups excluding carboxylic acids is 1. The number of nitrogens with zero attached hydrogens (tertiary/aromatic N) is 2. The maximum absolute atomic E-state index is 11.0. The Morgan fingerprint density at radius 1 is 1.31 bits per heavy atom. The van der Waals surface area contributed by atoms with Crippen molar-refractivity contribution in [2.45, 2.75) is 19.3 Å². The first-order chi connectivity index (χ1) is 7.78. The SMILES string of the molecule is O=NCC(=O)NCCN1CC2CCC(C2)C1. The van der Waals surface area contributed by atoms with Gasteiger partial charge in [-0.2, -0.15) is 4.91 Å². The zero-order chi connectivity index (χ0) is 11.4. The molecule has 90 valence electrons. The monoisotopic (exact) mass is 225 g/mol. The average Bonchev–Trinajstić information content (AvgIpc) is 2.59. The van der Waals surface area contributed by atoms with Crippen LogP contribution >= 0.6 is 0 Å². The van der Waals surface area contributed by atoms with Crippen LogP contribution in [0.15, 0.2) is 5.18 Å². The number of likely N-dealkylation sites (tertiary alicyclic amines) is 1. The van der Waals surface area contributed by atoms with Crippen LogP contribution in [0, 0.1) is 16.7 Å². The molecule has 0 aromatic carbocycles. The van der Waals surface area contributed by atoms with Crippen molar-refractivity contribution in [3.05, 3.63) is 4.91 Å². The number of nitrogens with one attached hydrogen (secondary N) is 1. The summed E-state index contributed by atoms with van der Waals surface area (Å²) in [7, 11) is 0. The Morgan fingerprint density at radius 3 is 2.62 bits per heavy atom. The van der Waals surface area contributed by atoms with Crippen LogP contribution < -0.4 is 5.32 Å². The van der Waals surface area contributed by atoms with Gasteiger partial charge in [0.2, 0.25) is 5.91 Å². The van der Waals surface area contributed by atoms with E-state index in [1.54, 1.807) is 0 Å². The largest absolute Gasteiger partial charge is 0.353 e. The first kappa shape index (κ1) is 11.5. The first-order valence-electron chi connectivity index (χ1n) is 6.06. The van der Waals surface area contributed by atoms with Gasteiger partial charge >= 0.3 is 0 Å². The van der Waals surface area contributed by atoms with Crippen LogP contribution in [-0.2, 0) is 4.79 Å². The lowest BCUT2D eigenvalue weighted by Gasteiger charge is -2.31. The molecule has 0 spiro atoms. The topological polar surface area (TPSA) is 61.8 Å². The Balaban J connectivity index is 1.63. The van der Waals surface area contributed by atoms with Crippen molar-refractivity contribution in [3.63, 3.8) is 0 Å². The molecule has 2 aliphatic rings. The minimum absolute atomic E-state index is 0.259. The lowest BCUT2D eigenvalue weighted by molar-refractivity contribution is -0.119. The molecule has 0 aromatic rings. The molecular formula is C11H19N3O2. The van der Waals surface area contributed by atoms with E-state index in [2.05, 4.69) is 15.4 Å². The van der Waals surface area contributed by atoms with Crippen molar-refractivity contribution < 1.29 is 4.79 Å². The second kappa shape index (κ2) is 5.39. The van der Waals surface area contributed by atoms with Gasteiger partial charge in [-0.3, -0.25) is 4.79 Å². The van der Waals surface area contributed by atoms with Crippen molar-refractivity contribution in [2.75, 3.05) is 32.7 Å². The summed E-state index contributed by atoms with van der Waals surface area (Å²) >= 11 is 0. The normalized spacial score (nSPS) is 29.0. The van der Waals surface area contributed by atoms with Crippen LogP contribution in [0.2, 0.25) is 0 Å². The predicted molar refractivity (Wildman–Crippen MR) is 60.9 cm³/mol. The number of hydrogen-bond acceptors (Lipinski definition) is 4. The molecule has 1 aliphatic carbocycles. The van der Waals surface area contributed by atoms with E-state index < -0.39 is 0 Å². The lowest BCUT2D eigenvalue weighted by atomic mass is 9.99. The Hall–Kier alpha value is -0.970. The van der Waals surface area contributed by atoms with Gasteiger partial charge in [-0.05, 0) is 31.1 Å². The van der Waals surface area contributed by atoms with Gasteiger partial charge in [0, 0.05) is 26.2 Å². The van der Waals surface area contributed by atoms with Gasteiger partial charge < -0.3 is 10.2 Å². The van der Waals surface area contributed by atoms with Crippen LogP contribution in [0.4, 0.5) is 0 Å². The summed E-state index contributed by atoms with van der Waals surface area (Å²) in [6, 6.07) is 0. The van der Waals surface area contributed by atoms with Crippen molar-refractivity contribution >= 4 is 5.91 Å². The Labute approximate surface area is 95.5 Å². The molecule has 2 unspecified atom stereocenters. The highest BCUT2D eigenvalue weighted by Gasteiger charge is 2.32. The molecule has 16 heavy (non-hydrogen) atoms.